The van der Waals surface area contributed by atoms with Gasteiger partial charge in [-0.1, -0.05) is 0 Å². The number of hydrogen-bond donors (Lipinski definition) is 2. The van der Waals surface area contributed by atoms with Gasteiger partial charge in [-0.15, -0.1) is 0 Å². The van der Waals surface area contributed by atoms with Gasteiger partial charge in [-0.3, -0.25) is 0 Å². The number of fused-ring (bicyclic) bond motifs is 1. The van der Waals surface area contributed by atoms with E-state index < -0.39 is 17.3 Å². The minimum atomic E-state index is -1.40. The zero-order chi connectivity index (χ0) is 12.1. The summed E-state index contributed by atoms with van der Waals surface area (Å²) in [6, 6.07) is 0. The lowest BCUT2D eigenvalue weighted by Gasteiger charge is -2.35. The van der Waals surface area contributed by atoms with Gasteiger partial charge in [-0.2, -0.15) is 0 Å². The summed E-state index contributed by atoms with van der Waals surface area (Å²) in [5.74, 6) is -0.0576. The Balaban J connectivity index is 2.74. The van der Waals surface area contributed by atoms with E-state index in [2.05, 4.69) is 0 Å². The van der Waals surface area contributed by atoms with Gasteiger partial charge in [0.15, 0.2) is 5.76 Å². The molecule has 0 amide bonds. The first-order valence-electron chi connectivity index (χ1n) is 5.05. The van der Waals surface area contributed by atoms with Crippen molar-refractivity contribution in [3.05, 3.63) is 27.3 Å². The van der Waals surface area contributed by atoms with Crippen LogP contribution in [-0.4, -0.2) is 16.3 Å². The van der Waals surface area contributed by atoms with Gasteiger partial charge < -0.3 is 19.4 Å². The fourth-order valence-corrected chi connectivity index (χ4v) is 1.76. The van der Waals surface area contributed by atoms with Crippen LogP contribution >= 0.6 is 0 Å². The van der Waals surface area contributed by atoms with E-state index in [0.29, 0.717) is 5.56 Å². The highest BCUT2D eigenvalue weighted by Gasteiger charge is 2.41. The van der Waals surface area contributed by atoms with E-state index in [-0.39, 0.29) is 23.7 Å². The molecule has 0 fully saturated rings. The van der Waals surface area contributed by atoms with Crippen LogP contribution in [0, 0.1) is 6.92 Å². The number of ether oxygens (including phenoxy) is 1. The molecule has 0 saturated carbocycles. The van der Waals surface area contributed by atoms with Gasteiger partial charge in [0.2, 0.25) is 0 Å². The largest absolute Gasteiger partial charge is 0.507 e. The predicted molar refractivity (Wildman–Crippen MR) is 55.2 cm³/mol. The summed E-state index contributed by atoms with van der Waals surface area (Å²) in [6.07, 6.45) is -0.495. The smallest absolute Gasteiger partial charge is 0.342 e. The minimum Gasteiger partial charge on any atom is -0.507 e. The van der Waals surface area contributed by atoms with Crippen LogP contribution in [0.15, 0.2) is 9.21 Å². The first kappa shape index (κ1) is 11.2. The highest BCUT2D eigenvalue weighted by atomic mass is 16.5. The maximum atomic E-state index is 11.4. The fourth-order valence-electron chi connectivity index (χ4n) is 1.76. The maximum absolute atomic E-state index is 11.4. The molecule has 5 nitrogen and oxygen atoms in total. The van der Waals surface area contributed by atoms with Crippen molar-refractivity contribution in [1.29, 1.82) is 0 Å². The average molecular weight is 226 g/mol. The fraction of sp³-hybridized carbons (Fsp3) is 0.545. The highest BCUT2D eigenvalue weighted by Crippen LogP contribution is 2.38. The molecule has 0 aliphatic carbocycles. The Hall–Kier alpha value is -1.33. The Kier molecular flexibility index (Phi) is 2.32. The third kappa shape index (κ3) is 1.36. The van der Waals surface area contributed by atoms with Crippen molar-refractivity contribution >= 4 is 0 Å². The van der Waals surface area contributed by atoms with Gasteiger partial charge >= 0.3 is 5.63 Å². The number of hydrogen-bond acceptors (Lipinski definition) is 5. The second-order valence-corrected chi connectivity index (χ2v) is 4.27. The molecule has 0 spiro atoms. The van der Waals surface area contributed by atoms with Gasteiger partial charge in [0.1, 0.15) is 11.4 Å². The molecule has 0 bridgehead atoms. The lowest BCUT2D eigenvalue weighted by Crippen LogP contribution is -2.41. The van der Waals surface area contributed by atoms with Crippen LogP contribution in [0.1, 0.15) is 30.7 Å². The molecule has 1 aliphatic heterocycles. The van der Waals surface area contributed by atoms with E-state index in [9.17, 15) is 15.0 Å². The molecule has 0 saturated heterocycles. The quantitative estimate of drug-likeness (QED) is 0.683. The van der Waals surface area contributed by atoms with E-state index in [4.69, 9.17) is 9.15 Å². The molecule has 1 aromatic rings. The van der Waals surface area contributed by atoms with Crippen LogP contribution < -0.4 is 5.63 Å². The van der Waals surface area contributed by atoms with E-state index in [1.54, 1.807) is 6.92 Å². The van der Waals surface area contributed by atoms with Crippen molar-refractivity contribution in [3.63, 3.8) is 0 Å². The molecule has 88 valence electrons. The summed E-state index contributed by atoms with van der Waals surface area (Å²) in [5, 5.41) is 20.0. The van der Waals surface area contributed by atoms with Crippen LogP contribution in [0.4, 0.5) is 0 Å². The molecule has 0 radical (unpaired) electrons. The van der Waals surface area contributed by atoms with Gasteiger partial charge in [0.25, 0.3) is 0 Å². The molecule has 1 aliphatic rings. The summed E-state index contributed by atoms with van der Waals surface area (Å²) < 4.78 is 10.4. The predicted octanol–water partition coefficient (Wildman–Crippen LogP) is 0.780. The summed E-state index contributed by atoms with van der Waals surface area (Å²) in [5.41, 5.74) is -1.56. The molecule has 2 heterocycles. The summed E-state index contributed by atoms with van der Waals surface area (Å²) in [4.78, 5) is 11.4. The van der Waals surface area contributed by atoms with Crippen molar-refractivity contribution in [2.24, 2.45) is 0 Å². The monoisotopic (exact) mass is 226 g/mol. The average Bonchev–Trinajstić information content (AvgIpc) is 2.22. The summed E-state index contributed by atoms with van der Waals surface area (Å²) in [6.45, 7) is 4.77. The Morgan fingerprint density at radius 1 is 1.50 bits per heavy atom. The SMILES string of the molecule is Cc1c(O)c2c(oc1=O)[C@](C)(O)[C@H](C)OC2. The van der Waals surface area contributed by atoms with Gasteiger partial charge in [-0.25, -0.2) is 4.79 Å². The summed E-state index contributed by atoms with van der Waals surface area (Å²) >= 11 is 0. The first-order chi connectivity index (χ1) is 7.35. The first-order valence-corrected chi connectivity index (χ1v) is 5.05. The number of rotatable bonds is 0. The molecular weight excluding hydrogens is 212 g/mol. The molecule has 5 heteroatoms. The van der Waals surface area contributed by atoms with Gasteiger partial charge in [-0.05, 0) is 20.8 Å². The van der Waals surface area contributed by atoms with Crippen molar-refractivity contribution in [1.82, 2.24) is 0 Å². The Bertz CT molecular complexity index is 486. The van der Waals surface area contributed by atoms with Crippen LogP contribution in [-0.2, 0) is 16.9 Å². The van der Waals surface area contributed by atoms with Crippen molar-refractivity contribution in [2.45, 2.75) is 39.1 Å². The van der Waals surface area contributed by atoms with Crippen molar-refractivity contribution in [3.8, 4) is 5.75 Å². The van der Waals surface area contributed by atoms with Crippen LogP contribution in [0.2, 0.25) is 0 Å². The third-order valence-corrected chi connectivity index (χ3v) is 3.15. The zero-order valence-electron chi connectivity index (χ0n) is 9.40. The lowest BCUT2D eigenvalue weighted by atomic mass is 9.90. The Labute approximate surface area is 92.3 Å². The number of aromatic hydroxyl groups is 1. The third-order valence-electron chi connectivity index (χ3n) is 3.15. The standard InChI is InChI=1S/C11H14O5/c1-5-8(12)7-4-15-6(2)11(3,14)9(7)16-10(5)13/h6,12,14H,4H2,1-3H3/t6-,11+/m0/s1. The maximum Gasteiger partial charge on any atom is 0.342 e. The Morgan fingerprint density at radius 2 is 2.12 bits per heavy atom. The van der Waals surface area contributed by atoms with Crippen molar-refractivity contribution < 1.29 is 19.4 Å². The molecule has 2 N–H and O–H groups in total. The minimum absolute atomic E-state index is 0.0966. The van der Waals surface area contributed by atoms with E-state index in [1.807, 2.05) is 0 Å². The van der Waals surface area contributed by atoms with E-state index in [1.165, 1.54) is 13.8 Å². The molecule has 2 rings (SSSR count). The molecule has 16 heavy (non-hydrogen) atoms. The highest BCUT2D eigenvalue weighted by molar-refractivity contribution is 5.41. The van der Waals surface area contributed by atoms with Crippen LogP contribution in [0.25, 0.3) is 0 Å². The molecule has 2 atom stereocenters. The normalized spacial score (nSPS) is 28.9. The lowest BCUT2D eigenvalue weighted by molar-refractivity contribution is -0.131. The van der Waals surface area contributed by atoms with Crippen LogP contribution in [0.5, 0.6) is 5.75 Å². The van der Waals surface area contributed by atoms with Gasteiger partial charge in [0, 0.05) is 0 Å². The van der Waals surface area contributed by atoms with E-state index in [0.717, 1.165) is 0 Å². The van der Waals surface area contributed by atoms with Gasteiger partial charge in [0.05, 0.1) is 23.8 Å². The second kappa shape index (κ2) is 3.33. The topological polar surface area (TPSA) is 79.9 Å². The molecule has 0 unspecified atom stereocenters. The zero-order valence-corrected chi connectivity index (χ0v) is 9.40. The second-order valence-electron chi connectivity index (χ2n) is 4.27. The van der Waals surface area contributed by atoms with Crippen molar-refractivity contribution in [2.75, 3.05) is 0 Å². The van der Waals surface area contributed by atoms with Crippen LogP contribution in [0.3, 0.4) is 0 Å². The molecular formula is C11H14O5. The molecule has 0 aromatic carbocycles. The Morgan fingerprint density at radius 3 is 2.75 bits per heavy atom. The number of aliphatic hydroxyl groups is 1. The summed E-state index contributed by atoms with van der Waals surface area (Å²) in [7, 11) is 0. The molecule has 1 aromatic heterocycles. The van der Waals surface area contributed by atoms with E-state index >= 15 is 0 Å².